The molecule has 0 saturated carbocycles. The largest absolute Gasteiger partial charge is 0.459 e. The van der Waals surface area contributed by atoms with Crippen molar-refractivity contribution in [3.05, 3.63) is 5.53 Å². The Bertz CT molecular complexity index is 685. The summed E-state index contributed by atoms with van der Waals surface area (Å²) in [7, 11) is 0. The summed E-state index contributed by atoms with van der Waals surface area (Å²) in [5.74, 6) is -5.24. The average Bonchev–Trinajstić information content (AvgIpc) is 2.43. The molecule has 9 nitrogen and oxygen atoms in total. The number of halogens is 1. The van der Waals surface area contributed by atoms with Crippen LogP contribution >= 0.6 is 15.9 Å². The van der Waals surface area contributed by atoms with E-state index in [9.17, 15) is 19.2 Å². The standard InChI is InChI=1S/C16H22BrN3O6/c1-15(2,3)25-13(23)7(9-8(17)12(22)19-9)11(21)10(20-18)14(24)26-16(4,5)6/h7-9H,1-6H3,(H,19,22)/t7?,8-,9-/m1/s1. The van der Waals surface area contributed by atoms with Gasteiger partial charge in [0.1, 0.15) is 21.9 Å². The van der Waals surface area contributed by atoms with Crippen LogP contribution in [0.25, 0.3) is 5.53 Å². The van der Waals surface area contributed by atoms with Gasteiger partial charge in [-0.25, -0.2) is 4.79 Å². The molecule has 0 radical (unpaired) electrons. The second-order valence-electron chi connectivity index (χ2n) is 7.76. The molecule has 1 amide bonds. The SMILES string of the molecule is CC(C)(C)OC(=O)C(=[N+]=[N-])C(=O)C(C(=O)OC(C)(C)C)[C@H]1NC(=O)[C@@H]1Br. The van der Waals surface area contributed by atoms with Crippen LogP contribution in [0, 0.1) is 5.92 Å². The molecular formula is C16H22BrN3O6. The number of β-lactam (4-membered cyclic amide) rings is 1. The Hall–Kier alpha value is -2.06. The Labute approximate surface area is 159 Å². The first-order valence-corrected chi connectivity index (χ1v) is 8.76. The second kappa shape index (κ2) is 7.67. The van der Waals surface area contributed by atoms with E-state index in [0.29, 0.717) is 0 Å². The maximum atomic E-state index is 12.8. The van der Waals surface area contributed by atoms with Crippen LogP contribution in [-0.2, 0) is 28.7 Å². The van der Waals surface area contributed by atoms with Crippen LogP contribution in [0.5, 0.6) is 0 Å². The lowest BCUT2D eigenvalue weighted by molar-refractivity contribution is -0.164. The molecule has 0 aliphatic carbocycles. The van der Waals surface area contributed by atoms with Gasteiger partial charge in [0.05, 0.1) is 6.04 Å². The van der Waals surface area contributed by atoms with Crippen LogP contribution < -0.4 is 5.32 Å². The van der Waals surface area contributed by atoms with Gasteiger partial charge in [-0.05, 0) is 41.5 Å². The lowest BCUT2D eigenvalue weighted by Crippen LogP contribution is -2.66. The smallest absolute Gasteiger partial charge is 0.442 e. The molecule has 1 rings (SSSR count). The van der Waals surface area contributed by atoms with E-state index in [2.05, 4.69) is 26.0 Å². The molecule has 144 valence electrons. The van der Waals surface area contributed by atoms with Crippen LogP contribution in [0.1, 0.15) is 41.5 Å². The molecule has 1 aliphatic heterocycles. The maximum Gasteiger partial charge on any atom is 0.442 e. The lowest BCUT2D eigenvalue weighted by Gasteiger charge is -2.37. The number of hydrogen-bond acceptors (Lipinski definition) is 6. The number of nitrogens with one attached hydrogen (secondary N) is 1. The summed E-state index contributed by atoms with van der Waals surface area (Å²) in [6.45, 7) is 9.51. The third-order valence-corrected chi connectivity index (χ3v) is 4.09. The Morgan fingerprint density at radius 2 is 1.62 bits per heavy atom. The molecule has 1 saturated heterocycles. The molecule has 10 heteroatoms. The molecule has 0 bridgehead atoms. The predicted molar refractivity (Wildman–Crippen MR) is 93.5 cm³/mol. The van der Waals surface area contributed by atoms with Crippen molar-refractivity contribution in [2.45, 2.75) is 63.6 Å². The number of esters is 2. The Kier molecular flexibility index (Phi) is 6.49. The molecule has 1 heterocycles. The summed E-state index contributed by atoms with van der Waals surface area (Å²) in [6.07, 6.45) is 0. The van der Waals surface area contributed by atoms with Gasteiger partial charge in [0.2, 0.25) is 5.91 Å². The van der Waals surface area contributed by atoms with Crippen molar-refractivity contribution in [2.75, 3.05) is 0 Å². The molecule has 1 N–H and O–H groups in total. The van der Waals surface area contributed by atoms with Gasteiger partial charge in [-0.15, -0.1) is 0 Å². The number of carbonyl (C=O) groups is 4. The molecule has 0 aromatic rings. The van der Waals surface area contributed by atoms with Crippen molar-refractivity contribution >= 4 is 45.3 Å². The summed E-state index contributed by atoms with van der Waals surface area (Å²) < 4.78 is 10.2. The Morgan fingerprint density at radius 3 is 1.96 bits per heavy atom. The zero-order valence-electron chi connectivity index (χ0n) is 15.5. The first-order valence-electron chi connectivity index (χ1n) is 7.85. The number of amides is 1. The van der Waals surface area contributed by atoms with Crippen molar-refractivity contribution in [2.24, 2.45) is 5.92 Å². The topological polar surface area (TPSA) is 135 Å². The van der Waals surface area contributed by atoms with E-state index in [1.54, 1.807) is 41.5 Å². The minimum absolute atomic E-state index is 0.420. The zero-order chi connectivity index (χ0) is 20.4. The molecule has 26 heavy (non-hydrogen) atoms. The molecule has 0 aromatic carbocycles. The molecule has 1 aliphatic rings. The van der Waals surface area contributed by atoms with Crippen LogP contribution in [0.15, 0.2) is 0 Å². The van der Waals surface area contributed by atoms with Gasteiger partial charge in [-0.3, -0.25) is 14.4 Å². The third kappa shape index (κ3) is 5.47. The summed E-state index contributed by atoms with van der Waals surface area (Å²) >= 11 is 3.08. The number of carbonyl (C=O) groups excluding carboxylic acids is 4. The van der Waals surface area contributed by atoms with Crippen molar-refractivity contribution in [1.29, 1.82) is 0 Å². The van der Waals surface area contributed by atoms with Crippen molar-refractivity contribution in [3.8, 4) is 0 Å². The fourth-order valence-electron chi connectivity index (χ4n) is 2.08. The van der Waals surface area contributed by atoms with E-state index >= 15 is 0 Å². The monoisotopic (exact) mass is 431 g/mol. The number of nitrogens with zero attached hydrogens (tertiary/aromatic N) is 2. The summed E-state index contributed by atoms with van der Waals surface area (Å²) in [4.78, 5) is 50.7. The van der Waals surface area contributed by atoms with Gasteiger partial charge in [0.15, 0.2) is 0 Å². The number of ether oxygens (including phenoxy) is 2. The minimum atomic E-state index is -1.57. The van der Waals surface area contributed by atoms with Crippen molar-refractivity contribution < 1.29 is 33.4 Å². The van der Waals surface area contributed by atoms with E-state index in [1.165, 1.54) is 0 Å². The average molecular weight is 432 g/mol. The van der Waals surface area contributed by atoms with Gasteiger partial charge >= 0.3 is 17.7 Å². The fraction of sp³-hybridized carbons (Fsp3) is 0.688. The highest BCUT2D eigenvalue weighted by molar-refractivity contribution is 9.10. The zero-order valence-corrected chi connectivity index (χ0v) is 17.0. The van der Waals surface area contributed by atoms with Crippen LogP contribution in [-0.4, -0.2) is 56.2 Å². The molecule has 1 unspecified atom stereocenters. The first kappa shape index (κ1) is 22.0. The fourth-order valence-corrected chi connectivity index (χ4v) is 2.65. The van der Waals surface area contributed by atoms with Gasteiger partial charge in [-0.2, -0.15) is 4.79 Å². The number of Topliss-reactive ketones (excluding diaryl/α,β-unsaturated/α-hetero) is 1. The van der Waals surface area contributed by atoms with Gasteiger partial charge in [0.25, 0.3) is 5.78 Å². The third-order valence-electron chi connectivity index (χ3n) is 3.10. The number of ketones is 1. The number of alkyl halides is 1. The number of rotatable bonds is 5. The minimum Gasteiger partial charge on any atom is -0.459 e. The Morgan fingerprint density at radius 1 is 1.12 bits per heavy atom. The van der Waals surface area contributed by atoms with Crippen molar-refractivity contribution in [3.63, 3.8) is 0 Å². The Balaban J connectivity index is 3.18. The highest BCUT2D eigenvalue weighted by Gasteiger charge is 2.54. The normalized spacial score (nSPS) is 20.8. The maximum absolute atomic E-state index is 12.8. The number of hydrogen-bond donors (Lipinski definition) is 1. The van der Waals surface area contributed by atoms with Crippen LogP contribution in [0.4, 0.5) is 0 Å². The van der Waals surface area contributed by atoms with E-state index < -0.39 is 57.3 Å². The highest BCUT2D eigenvalue weighted by atomic mass is 79.9. The quantitative estimate of drug-likeness (QED) is 0.130. The molecule has 0 spiro atoms. The van der Waals surface area contributed by atoms with Crippen LogP contribution in [0.3, 0.4) is 0 Å². The second-order valence-corrected chi connectivity index (χ2v) is 8.75. The lowest BCUT2D eigenvalue weighted by atomic mass is 9.85. The summed E-state index contributed by atoms with van der Waals surface area (Å²) in [5, 5.41) is 2.41. The molecule has 0 aromatic heterocycles. The molecular weight excluding hydrogens is 410 g/mol. The summed E-state index contributed by atoms with van der Waals surface area (Å²) in [5.41, 5.74) is 6.33. The molecule has 1 fully saturated rings. The van der Waals surface area contributed by atoms with E-state index in [0.717, 1.165) is 0 Å². The predicted octanol–water partition coefficient (Wildman–Crippen LogP) is 0.788. The van der Waals surface area contributed by atoms with Crippen LogP contribution in [0.2, 0.25) is 0 Å². The molecule has 3 atom stereocenters. The highest BCUT2D eigenvalue weighted by Crippen LogP contribution is 2.26. The van der Waals surface area contributed by atoms with E-state index in [1.807, 2.05) is 0 Å². The van der Waals surface area contributed by atoms with Gasteiger partial charge in [-0.1, -0.05) is 15.9 Å². The first-order chi connectivity index (χ1) is 11.7. The van der Waals surface area contributed by atoms with E-state index in [-0.39, 0.29) is 0 Å². The van der Waals surface area contributed by atoms with Gasteiger partial charge < -0.3 is 20.3 Å². The summed E-state index contributed by atoms with van der Waals surface area (Å²) in [6, 6.07) is -0.955. The van der Waals surface area contributed by atoms with E-state index in [4.69, 9.17) is 15.0 Å². The van der Waals surface area contributed by atoms with Crippen molar-refractivity contribution in [1.82, 2.24) is 5.32 Å². The van der Waals surface area contributed by atoms with Gasteiger partial charge in [0, 0.05) is 0 Å².